The Balaban J connectivity index is 1.41. The van der Waals surface area contributed by atoms with Crippen molar-refractivity contribution in [3.05, 3.63) is 65.5 Å². The van der Waals surface area contributed by atoms with E-state index in [-0.39, 0.29) is 54.7 Å². The van der Waals surface area contributed by atoms with E-state index in [1.165, 1.54) is 43.4 Å². The van der Waals surface area contributed by atoms with Crippen molar-refractivity contribution in [2.75, 3.05) is 25.7 Å². The number of likely N-dealkylation sites (tertiary alicyclic amines) is 1. The summed E-state index contributed by atoms with van der Waals surface area (Å²) in [5, 5.41) is 19.4. The first kappa shape index (κ1) is 35.4. The van der Waals surface area contributed by atoms with Crippen molar-refractivity contribution in [1.82, 2.24) is 4.90 Å². The smallest absolute Gasteiger partial charge is 0.303 e. The Kier molecular flexibility index (Phi) is 9.47. The predicted octanol–water partition coefficient (Wildman–Crippen LogP) is 5.30. The number of ether oxygens (including phenoxy) is 2. The minimum Gasteiger partial charge on any atom is -0.502 e. The molecule has 4 amide bonds. The maximum absolute atomic E-state index is 14.4. The van der Waals surface area contributed by atoms with Gasteiger partial charge in [0.2, 0.25) is 17.6 Å². The maximum Gasteiger partial charge on any atom is 0.303 e. The molecule has 2 N–H and O–H groups in total. The summed E-state index contributed by atoms with van der Waals surface area (Å²) in [5.74, 6) is -7.28. The number of fused-ring (bicyclic) bond motifs is 4. The molecule has 2 saturated heterocycles. The Morgan fingerprint density at radius 1 is 0.980 bits per heavy atom. The summed E-state index contributed by atoms with van der Waals surface area (Å²) in [7, 11) is 2.75. The first-order valence-electron chi connectivity index (χ1n) is 16.2. The number of imide groups is 2. The second-order valence-electron chi connectivity index (χ2n) is 13.0. The monoisotopic (exact) mass is 728 g/mol. The number of alkyl halides is 2. The second-order valence-corrected chi connectivity index (χ2v) is 14.2. The molecule has 0 spiro atoms. The lowest BCUT2D eigenvalue weighted by molar-refractivity contribution is -0.141. The van der Waals surface area contributed by atoms with E-state index in [1.54, 1.807) is 18.2 Å². The number of phenols is 1. The zero-order valence-electron chi connectivity index (χ0n) is 27.2. The molecular formula is C36H35Cl2FN2O9. The van der Waals surface area contributed by atoms with Gasteiger partial charge in [0.25, 0.3) is 11.8 Å². The number of carboxylic acid groups (broad SMARTS) is 1. The first-order chi connectivity index (χ1) is 23.8. The number of methoxy groups -OCH3 is 2. The number of carboxylic acids is 1. The second kappa shape index (κ2) is 13.4. The average Bonchev–Trinajstić information content (AvgIpc) is 3.42. The van der Waals surface area contributed by atoms with Crippen molar-refractivity contribution in [2.24, 2.45) is 23.7 Å². The Bertz CT molecular complexity index is 1810. The molecule has 0 aromatic heterocycles. The number of hydrogen-bond donors (Lipinski definition) is 2. The molecule has 2 aromatic rings. The first-order valence-corrected chi connectivity index (χ1v) is 17.0. The Morgan fingerprint density at radius 2 is 1.64 bits per heavy atom. The van der Waals surface area contributed by atoms with E-state index in [4.69, 9.17) is 37.8 Å². The third-order valence-corrected chi connectivity index (χ3v) is 11.7. The number of carbonyl (C=O) groups excluding carboxylic acids is 4. The molecule has 50 heavy (non-hydrogen) atoms. The normalized spacial score (nSPS) is 28.9. The molecule has 6 atom stereocenters. The van der Waals surface area contributed by atoms with Crippen LogP contribution in [0.5, 0.6) is 17.2 Å². The molecule has 6 rings (SSSR count). The number of amides is 4. The summed E-state index contributed by atoms with van der Waals surface area (Å²) in [6, 6.07) is 7.84. The van der Waals surface area contributed by atoms with E-state index in [1.807, 2.05) is 0 Å². The summed E-state index contributed by atoms with van der Waals surface area (Å²) in [6.07, 6.45) is 6.36. The van der Waals surface area contributed by atoms with Crippen LogP contribution in [-0.2, 0) is 24.0 Å². The largest absolute Gasteiger partial charge is 0.502 e. The van der Waals surface area contributed by atoms with E-state index in [2.05, 4.69) is 0 Å². The number of unbranched alkanes of at least 4 members (excludes halogenated alkanes) is 2. The SMILES string of the molecule is COc1cc(C=C[C@H]2C3=CC[C@@H]4C(=O)N(CCCCCC(=O)O)C(=O)[C@@H]4[C@@H]3C[C@@]3(Cl)C(=O)N(c4ccc(F)cc4)C(=O)[C@@]23Cl)cc(OC)c1O. The quantitative estimate of drug-likeness (QED) is 0.136. The summed E-state index contributed by atoms with van der Waals surface area (Å²) in [5.41, 5.74) is 1.14. The zero-order valence-corrected chi connectivity index (χ0v) is 28.7. The minimum atomic E-state index is -2.09. The molecule has 4 aliphatic rings. The summed E-state index contributed by atoms with van der Waals surface area (Å²) >= 11 is 14.7. The number of nitrogens with zero attached hydrogens (tertiary/aromatic N) is 2. The summed E-state index contributed by atoms with van der Waals surface area (Å²) < 4.78 is 24.4. The van der Waals surface area contributed by atoms with Crippen LogP contribution in [0.15, 0.2) is 54.1 Å². The van der Waals surface area contributed by atoms with Crippen molar-refractivity contribution in [2.45, 2.75) is 48.3 Å². The van der Waals surface area contributed by atoms with Crippen LogP contribution in [0.2, 0.25) is 0 Å². The van der Waals surface area contributed by atoms with Gasteiger partial charge in [-0.3, -0.25) is 28.9 Å². The van der Waals surface area contributed by atoms with Crippen LogP contribution in [0.4, 0.5) is 10.1 Å². The molecule has 1 saturated carbocycles. The molecule has 3 fully saturated rings. The number of anilines is 1. The number of aromatic hydroxyl groups is 1. The van der Waals surface area contributed by atoms with Crippen LogP contribution in [-0.4, -0.2) is 75.2 Å². The summed E-state index contributed by atoms with van der Waals surface area (Å²) in [4.78, 5) is 65.1. The topological polar surface area (TPSA) is 151 Å². The molecule has 11 nitrogen and oxygen atoms in total. The lowest BCUT2D eigenvalue weighted by atomic mass is 9.57. The molecule has 0 radical (unpaired) electrons. The van der Waals surface area contributed by atoms with Crippen molar-refractivity contribution in [3.63, 3.8) is 0 Å². The fourth-order valence-corrected chi connectivity index (χ4v) is 8.76. The highest BCUT2D eigenvalue weighted by molar-refractivity contribution is 6.58. The third-order valence-electron chi connectivity index (χ3n) is 10.3. The van der Waals surface area contributed by atoms with Gasteiger partial charge < -0.3 is 19.7 Å². The number of halogens is 3. The van der Waals surface area contributed by atoms with Gasteiger partial charge in [-0.25, -0.2) is 9.29 Å². The number of benzene rings is 2. The fraction of sp³-hybridized carbons (Fsp3) is 0.417. The van der Waals surface area contributed by atoms with Crippen molar-refractivity contribution in [3.8, 4) is 17.2 Å². The average molecular weight is 730 g/mol. The van der Waals surface area contributed by atoms with Gasteiger partial charge in [-0.1, -0.05) is 30.2 Å². The van der Waals surface area contributed by atoms with E-state index in [0.717, 1.165) is 17.0 Å². The van der Waals surface area contributed by atoms with Gasteiger partial charge in [-0.2, -0.15) is 0 Å². The highest BCUT2D eigenvalue weighted by atomic mass is 35.5. The van der Waals surface area contributed by atoms with Crippen LogP contribution in [0.3, 0.4) is 0 Å². The van der Waals surface area contributed by atoms with Gasteiger partial charge >= 0.3 is 5.97 Å². The van der Waals surface area contributed by atoms with Gasteiger partial charge in [-0.05, 0) is 73.6 Å². The number of aliphatic carboxylic acids is 1. The lowest BCUT2D eigenvalue weighted by Crippen LogP contribution is -2.60. The van der Waals surface area contributed by atoms with E-state index < -0.39 is 62.9 Å². The molecule has 2 aliphatic carbocycles. The van der Waals surface area contributed by atoms with Gasteiger partial charge in [0.15, 0.2) is 21.2 Å². The molecule has 2 heterocycles. The number of hydrogen-bond acceptors (Lipinski definition) is 8. The van der Waals surface area contributed by atoms with E-state index in [0.29, 0.717) is 30.4 Å². The van der Waals surface area contributed by atoms with Crippen LogP contribution >= 0.6 is 23.2 Å². The van der Waals surface area contributed by atoms with Crippen LogP contribution < -0.4 is 14.4 Å². The number of carbonyl (C=O) groups is 5. The number of rotatable bonds is 11. The van der Waals surface area contributed by atoms with Crippen LogP contribution in [0.1, 0.15) is 44.1 Å². The van der Waals surface area contributed by atoms with Crippen molar-refractivity contribution in [1.29, 1.82) is 0 Å². The van der Waals surface area contributed by atoms with Gasteiger partial charge in [0.05, 0.1) is 31.7 Å². The van der Waals surface area contributed by atoms with Gasteiger partial charge in [-0.15, -0.1) is 23.2 Å². The van der Waals surface area contributed by atoms with Gasteiger partial charge in [0.1, 0.15) is 5.82 Å². The molecule has 2 aromatic carbocycles. The molecule has 0 unspecified atom stereocenters. The minimum absolute atomic E-state index is 0.0131. The Labute approximate surface area is 297 Å². The van der Waals surface area contributed by atoms with E-state index in [9.17, 15) is 33.5 Å². The molecule has 2 aliphatic heterocycles. The Morgan fingerprint density at radius 3 is 2.26 bits per heavy atom. The van der Waals surface area contributed by atoms with Crippen LogP contribution in [0, 0.1) is 29.5 Å². The van der Waals surface area contributed by atoms with Crippen molar-refractivity contribution < 1.29 is 48.0 Å². The summed E-state index contributed by atoms with van der Waals surface area (Å²) in [6.45, 7) is 0.126. The van der Waals surface area contributed by atoms with Crippen LogP contribution in [0.25, 0.3) is 6.08 Å². The van der Waals surface area contributed by atoms with Gasteiger partial charge in [0, 0.05) is 18.9 Å². The number of allylic oxidation sites excluding steroid dienone is 3. The maximum atomic E-state index is 14.4. The molecular weight excluding hydrogens is 694 g/mol. The standard InChI is InChI=1S/C36H35Cl2FN2O9/c1-49-26-16-19(17-27(50-2)30(26)44)7-14-25-22-12-13-23-29(32(46)40(31(23)45)15-5-3-4-6-28(42)43)24(22)18-35(37)33(47)41(34(48)36(25,35)38)21-10-8-20(39)9-11-21/h7-12,14,16-17,23-25,29,44H,3-6,13,15,18H2,1-2H3,(H,42,43)/t23-,24+,25-,29-,35+,36-/m0/s1. The number of phenolic OH excluding ortho intramolecular Hbond substituents is 1. The third kappa shape index (κ3) is 5.53. The lowest BCUT2D eigenvalue weighted by Gasteiger charge is -2.49. The van der Waals surface area contributed by atoms with Crippen molar-refractivity contribution >= 4 is 64.6 Å². The zero-order chi connectivity index (χ0) is 36.1. The molecule has 0 bridgehead atoms. The molecule has 264 valence electrons. The predicted molar refractivity (Wildman–Crippen MR) is 180 cm³/mol. The highest BCUT2D eigenvalue weighted by Crippen LogP contribution is 2.63. The fourth-order valence-electron chi connectivity index (χ4n) is 7.87. The molecule has 14 heteroatoms. The Hall–Kier alpha value is -4.42. The highest BCUT2D eigenvalue weighted by Gasteiger charge is 2.76. The van der Waals surface area contributed by atoms with E-state index >= 15 is 0 Å².